The summed E-state index contributed by atoms with van der Waals surface area (Å²) >= 11 is 2.32. The highest BCUT2D eigenvalue weighted by Gasteiger charge is 2.20. The zero-order chi connectivity index (χ0) is 19.7. The average Bonchev–Trinajstić information content (AvgIpc) is 3.24. The van der Waals surface area contributed by atoms with Crippen LogP contribution in [0, 0.1) is 9.49 Å². The number of ether oxygens (including phenoxy) is 2. The molecule has 0 amide bonds. The summed E-state index contributed by atoms with van der Waals surface area (Å²) in [5.41, 5.74) is 8.60. The first-order valence-electron chi connectivity index (χ1n) is 9.27. The third-order valence-electron chi connectivity index (χ3n) is 4.59. The summed E-state index contributed by atoms with van der Waals surface area (Å²) in [5.74, 6) is 3.48. The van der Waals surface area contributed by atoms with Gasteiger partial charge in [-0.25, -0.2) is 15.0 Å². The fraction of sp³-hybridized carbons (Fsp3) is 0.450. The van der Waals surface area contributed by atoms with Crippen molar-refractivity contribution in [3.63, 3.8) is 0 Å². The highest BCUT2D eigenvalue weighted by molar-refractivity contribution is 14.1. The molecule has 8 nitrogen and oxygen atoms in total. The monoisotopic (exact) mass is 510 g/mol. The number of aromatic nitrogens is 4. The van der Waals surface area contributed by atoms with Gasteiger partial charge in [0.25, 0.3) is 0 Å². The van der Waals surface area contributed by atoms with Crippen molar-refractivity contribution < 1.29 is 9.47 Å². The Kier molecular flexibility index (Phi) is 6.78. The SMILES string of the molecule is C.CC(C)CNCCn1c(Cc2cc3c(cc2I)OCO3)nc2c(N)ncnc21. The molecule has 4 rings (SSSR count). The van der Waals surface area contributed by atoms with Crippen molar-refractivity contribution in [2.24, 2.45) is 5.92 Å². The van der Waals surface area contributed by atoms with E-state index in [4.69, 9.17) is 20.2 Å². The number of anilines is 1. The molecule has 0 fully saturated rings. The zero-order valence-corrected chi connectivity index (χ0v) is 18.1. The number of hydrogen-bond acceptors (Lipinski definition) is 7. The maximum Gasteiger partial charge on any atom is 0.231 e. The predicted molar refractivity (Wildman–Crippen MR) is 122 cm³/mol. The Morgan fingerprint density at radius 2 is 2.00 bits per heavy atom. The van der Waals surface area contributed by atoms with E-state index < -0.39 is 0 Å². The van der Waals surface area contributed by atoms with Crippen molar-refractivity contribution in [3.8, 4) is 11.5 Å². The summed E-state index contributed by atoms with van der Waals surface area (Å²) in [5, 5.41) is 3.48. The molecule has 2 aromatic heterocycles. The number of nitrogens with one attached hydrogen (secondary N) is 1. The first-order chi connectivity index (χ1) is 13.5. The summed E-state index contributed by atoms with van der Waals surface area (Å²) in [6, 6.07) is 4.03. The lowest BCUT2D eigenvalue weighted by molar-refractivity contribution is 0.174. The molecule has 0 unspecified atom stereocenters. The van der Waals surface area contributed by atoms with Crippen molar-refractivity contribution >= 4 is 39.6 Å². The summed E-state index contributed by atoms with van der Waals surface area (Å²) in [6.45, 7) is 7.22. The Labute approximate surface area is 184 Å². The van der Waals surface area contributed by atoms with E-state index in [9.17, 15) is 0 Å². The number of fused-ring (bicyclic) bond motifs is 2. The van der Waals surface area contributed by atoms with Gasteiger partial charge in [-0.2, -0.15) is 0 Å². The first-order valence-corrected chi connectivity index (χ1v) is 10.3. The van der Waals surface area contributed by atoms with E-state index >= 15 is 0 Å². The van der Waals surface area contributed by atoms with Gasteiger partial charge in [0, 0.05) is 23.1 Å². The number of halogens is 1. The minimum absolute atomic E-state index is 0. The molecule has 1 aromatic carbocycles. The number of hydrogen-bond donors (Lipinski definition) is 2. The van der Waals surface area contributed by atoms with Crippen LogP contribution in [0.3, 0.4) is 0 Å². The van der Waals surface area contributed by atoms with E-state index in [0.29, 0.717) is 23.7 Å². The van der Waals surface area contributed by atoms with Gasteiger partial charge in [0.2, 0.25) is 6.79 Å². The molecule has 0 atom stereocenters. The standard InChI is InChI=1S/C19H23IN6O2.CH4/c1-11(2)8-22-3-4-26-16(25-17-18(21)23-9-24-19(17)26)6-12-5-14-15(7-13(12)20)28-10-27-14;/h5,7,9,11,22H,3-4,6,8,10H2,1-2H3,(H2,21,23,24);1H4. The van der Waals surface area contributed by atoms with Gasteiger partial charge in [0.15, 0.2) is 28.5 Å². The van der Waals surface area contributed by atoms with E-state index in [1.165, 1.54) is 6.33 Å². The van der Waals surface area contributed by atoms with E-state index in [1.54, 1.807) is 0 Å². The van der Waals surface area contributed by atoms with Crippen LogP contribution in [0.15, 0.2) is 18.5 Å². The second-order valence-electron chi connectivity index (χ2n) is 7.18. The molecule has 0 bridgehead atoms. The molecule has 1 aliphatic rings. The van der Waals surface area contributed by atoms with E-state index in [-0.39, 0.29) is 14.2 Å². The first kappa shape index (κ1) is 21.6. The van der Waals surface area contributed by atoms with Gasteiger partial charge < -0.3 is 25.1 Å². The molecule has 3 N–H and O–H groups in total. The van der Waals surface area contributed by atoms with Crippen LogP contribution in [0.4, 0.5) is 5.82 Å². The van der Waals surface area contributed by atoms with E-state index in [1.807, 2.05) is 12.1 Å². The summed E-state index contributed by atoms with van der Waals surface area (Å²) in [4.78, 5) is 13.3. The Balaban J connectivity index is 0.00000240. The maximum absolute atomic E-state index is 6.05. The van der Waals surface area contributed by atoms with Gasteiger partial charge in [-0.15, -0.1) is 0 Å². The van der Waals surface area contributed by atoms with Crippen LogP contribution >= 0.6 is 22.6 Å². The Hall–Kier alpha value is -2.14. The molecule has 1 aliphatic heterocycles. The molecule has 9 heteroatoms. The van der Waals surface area contributed by atoms with Crippen LogP contribution in [-0.2, 0) is 13.0 Å². The molecule has 3 heterocycles. The number of nitrogen functional groups attached to an aromatic ring is 1. The lowest BCUT2D eigenvalue weighted by atomic mass is 10.1. The molecular weight excluding hydrogens is 483 g/mol. The molecular formula is C20H27IN6O2. The highest BCUT2D eigenvalue weighted by Crippen LogP contribution is 2.36. The quantitative estimate of drug-likeness (QED) is 0.372. The van der Waals surface area contributed by atoms with Crippen LogP contribution in [0.25, 0.3) is 11.2 Å². The van der Waals surface area contributed by atoms with Crippen LogP contribution in [-0.4, -0.2) is 39.4 Å². The van der Waals surface area contributed by atoms with Gasteiger partial charge in [-0.05, 0) is 52.7 Å². The lowest BCUT2D eigenvalue weighted by Gasteiger charge is -2.12. The number of imidazole rings is 1. The zero-order valence-electron chi connectivity index (χ0n) is 15.9. The largest absolute Gasteiger partial charge is 0.454 e. The molecule has 0 saturated heterocycles. The van der Waals surface area contributed by atoms with E-state index in [2.05, 4.69) is 56.3 Å². The molecule has 3 aromatic rings. The lowest BCUT2D eigenvalue weighted by Crippen LogP contribution is -2.24. The van der Waals surface area contributed by atoms with Gasteiger partial charge in [0.05, 0.1) is 0 Å². The number of rotatable bonds is 7. The second kappa shape index (κ2) is 9.12. The fourth-order valence-corrected chi connectivity index (χ4v) is 3.84. The predicted octanol–water partition coefficient (Wildman–Crippen LogP) is 3.21. The molecule has 156 valence electrons. The topological polar surface area (TPSA) is 100 Å². The number of nitrogens with zero attached hydrogens (tertiary/aromatic N) is 4. The second-order valence-corrected chi connectivity index (χ2v) is 8.34. The average molecular weight is 510 g/mol. The number of nitrogens with two attached hydrogens (primary N) is 1. The van der Waals surface area contributed by atoms with Crippen LogP contribution in [0.1, 0.15) is 32.7 Å². The van der Waals surface area contributed by atoms with Crippen LogP contribution in [0.2, 0.25) is 0 Å². The highest BCUT2D eigenvalue weighted by atomic mass is 127. The summed E-state index contributed by atoms with van der Waals surface area (Å²) in [6.07, 6.45) is 2.14. The summed E-state index contributed by atoms with van der Waals surface area (Å²) < 4.78 is 14.2. The Bertz CT molecular complexity index is 1000. The smallest absolute Gasteiger partial charge is 0.231 e. The van der Waals surface area contributed by atoms with Crippen LogP contribution < -0.4 is 20.5 Å². The molecule has 0 radical (unpaired) electrons. The van der Waals surface area contributed by atoms with Crippen molar-refractivity contribution in [2.75, 3.05) is 25.6 Å². The van der Waals surface area contributed by atoms with Gasteiger partial charge >= 0.3 is 0 Å². The summed E-state index contributed by atoms with van der Waals surface area (Å²) in [7, 11) is 0. The Morgan fingerprint density at radius 3 is 2.76 bits per heavy atom. The minimum atomic E-state index is 0. The number of benzene rings is 1. The Morgan fingerprint density at radius 1 is 1.24 bits per heavy atom. The minimum Gasteiger partial charge on any atom is -0.454 e. The van der Waals surface area contributed by atoms with Gasteiger partial charge in [-0.1, -0.05) is 21.3 Å². The van der Waals surface area contributed by atoms with Gasteiger partial charge in [-0.3, -0.25) is 0 Å². The van der Waals surface area contributed by atoms with E-state index in [0.717, 1.165) is 51.7 Å². The van der Waals surface area contributed by atoms with Crippen molar-refractivity contribution in [1.29, 1.82) is 0 Å². The third-order valence-corrected chi connectivity index (χ3v) is 5.60. The molecule has 0 saturated carbocycles. The fourth-order valence-electron chi connectivity index (χ4n) is 3.22. The van der Waals surface area contributed by atoms with Gasteiger partial charge in [0.1, 0.15) is 12.2 Å². The molecule has 0 aliphatic carbocycles. The van der Waals surface area contributed by atoms with Crippen LogP contribution in [0.5, 0.6) is 11.5 Å². The molecule has 29 heavy (non-hydrogen) atoms. The maximum atomic E-state index is 6.05. The van der Waals surface area contributed by atoms with Crippen molar-refractivity contribution in [2.45, 2.75) is 34.2 Å². The van der Waals surface area contributed by atoms with Crippen molar-refractivity contribution in [3.05, 3.63) is 33.4 Å². The third kappa shape index (κ3) is 4.55. The normalized spacial score (nSPS) is 12.6. The molecule has 0 spiro atoms. The van der Waals surface area contributed by atoms with Crippen molar-refractivity contribution in [1.82, 2.24) is 24.8 Å².